The molecule has 216 valence electrons. The minimum Gasteiger partial charge on any atom is -0.463 e. The quantitative estimate of drug-likeness (QED) is 0.217. The smallest absolute Gasteiger partial charge is 0.432 e. The molecule has 39 heavy (non-hydrogen) atoms. The molecule has 0 radical (unpaired) electrons. The Morgan fingerprint density at radius 2 is 1.05 bits per heavy atom. The van der Waals surface area contributed by atoms with Crippen LogP contribution in [0.2, 0.25) is 0 Å². The summed E-state index contributed by atoms with van der Waals surface area (Å²) in [7, 11) is 1.42. The molecule has 2 rings (SSSR count). The molecule has 0 aliphatic carbocycles. The molecule has 0 heterocycles. The lowest BCUT2D eigenvalue weighted by atomic mass is 9.92. The minimum absolute atomic E-state index is 0.186. The van der Waals surface area contributed by atoms with Gasteiger partial charge in [0.1, 0.15) is 0 Å². The normalized spacial score (nSPS) is 15.3. The Labute approximate surface area is 222 Å². The van der Waals surface area contributed by atoms with Gasteiger partial charge in [-0.3, -0.25) is 0 Å². The zero-order chi connectivity index (χ0) is 29.3. The molecule has 0 aliphatic heterocycles. The Kier molecular flexibility index (Phi) is 10.9. The highest BCUT2D eigenvalue weighted by Crippen LogP contribution is 2.44. The molecular formula is C27H30F6O6. The van der Waals surface area contributed by atoms with Gasteiger partial charge in [-0.15, -0.1) is 0 Å². The van der Waals surface area contributed by atoms with E-state index in [1.807, 2.05) is 0 Å². The lowest BCUT2D eigenvalue weighted by Crippen LogP contribution is -2.52. The summed E-state index contributed by atoms with van der Waals surface area (Å²) in [4.78, 5) is 25.7. The molecule has 0 unspecified atom stereocenters. The number of carbonyl (C=O) groups is 2. The zero-order valence-corrected chi connectivity index (χ0v) is 21.6. The van der Waals surface area contributed by atoms with E-state index in [1.54, 1.807) is 6.92 Å². The number of esters is 2. The Hall–Kier alpha value is -3.12. The van der Waals surface area contributed by atoms with Crippen molar-refractivity contribution in [2.45, 2.75) is 49.7 Å². The summed E-state index contributed by atoms with van der Waals surface area (Å²) in [6.07, 6.45) is -9.13. The second kappa shape index (κ2) is 13.3. The third-order valence-electron chi connectivity index (χ3n) is 6.21. The summed E-state index contributed by atoms with van der Waals surface area (Å²) < 4.78 is 104. The Morgan fingerprint density at radius 3 is 1.33 bits per heavy atom. The van der Waals surface area contributed by atoms with Crippen molar-refractivity contribution in [3.8, 4) is 0 Å². The van der Waals surface area contributed by atoms with E-state index in [1.165, 1.54) is 36.4 Å². The van der Waals surface area contributed by atoms with Crippen LogP contribution in [0.5, 0.6) is 0 Å². The molecular weight excluding hydrogens is 534 g/mol. The van der Waals surface area contributed by atoms with Crippen LogP contribution in [-0.2, 0) is 39.7 Å². The maximum absolute atomic E-state index is 14.1. The highest BCUT2D eigenvalue weighted by Gasteiger charge is 2.65. The lowest BCUT2D eigenvalue weighted by molar-refractivity contribution is -0.277. The van der Waals surface area contributed by atoms with Gasteiger partial charge < -0.3 is 18.9 Å². The first-order valence-corrected chi connectivity index (χ1v) is 12.0. The van der Waals surface area contributed by atoms with Gasteiger partial charge in [-0.2, -0.15) is 26.3 Å². The zero-order valence-electron chi connectivity index (χ0n) is 21.6. The summed E-state index contributed by atoms with van der Waals surface area (Å²) in [6, 6.07) is 12.3. The van der Waals surface area contributed by atoms with E-state index in [9.17, 15) is 35.9 Å². The number of ether oxygens (including phenoxy) is 4. The van der Waals surface area contributed by atoms with Gasteiger partial charge in [-0.05, 0) is 6.42 Å². The van der Waals surface area contributed by atoms with Crippen molar-refractivity contribution >= 4 is 11.9 Å². The van der Waals surface area contributed by atoms with Crippen LogP contribution in [0.1, 0.15) is 37.3 Å². The maximum Gasteiger partial charge on any atom is 0.432 e. The fraction of sp³-hybridized carbons (Fsp3) is 0.481. The third-order valence-corrected chi connectivity index (χ3v) is 6.21. The molecule has 0 saturated heterocycles. The molecule has 6 nitrogen and oxygen atoms in total. The Bertz CT molecular complexity index is 978. The first kappa shape index (κ1) is 32.1. The van der Waals surface area contributed by atoms with Crippen LogP contribution in [0.25, 0.3) is 0 Å². The predicted molar refractivity (Wildman–Crippen MR) is 127 cm³/mol. The monoisotopic (exact) mass is 564 g/mol. The molecule has 0 bridgehead atoms. The van der Waals surface area contributed by atoms with E-state index in [0.717, 1.165) is 24.3 Å². The summed E-state index contributed by atoms with van der Waals surface area (Å²) in [5.41, 5.74) is -7.90. The van der Waals surface area contributed by atoms with Gasteiger partial charge in [0.2, 0.25) is 0 Å². The Morgan fingerprint density at radius 1 is 0.692 bits per heavy atom. The SMILES string of the molecule is CCCCC(COC(=O)[C@](OC)(c1ccccc1)C(F)(F)F)COC(=O)[C@](OC)(c1ccccc1)C(F)(F)F. The third kappa shape index (κ3) is 6.73. The van der Waals surface area contributed by atoms with E-state index in [4.69, 9.17) is 9.47 Å². The van der Waals surface area contributed by atoms with Crippen molar-refractivity contribution in [3.63, 3.8) is 0 Å². The van der Waals surface area contributed by atoms with E-state index in [0.29, 0.717) is 27.1 Å². The fourth-order valence-electron chi connectivity index (χ4n) is 4.07. The van der Waals surface area contributed by atoms with Crippen molar-refractivity contribution in [1.82, 2.24) is 0 Å². The highest BCUT2D eigenvalue weighted by molar-refractivity contribution is 5.83. The number of methoxy groups -OCH3 is 2. The van der Waals surface area contributed by atoms with Crippen molar-refractivity contribution in [3.05, 3.63) is 71.8 Å². The molecule has 0 spiro atoms. The largest absolute Gasteiger partial charge is 0.463 e. The summed E-state index contributed by atoms with van der Waals surface area (Å²) in [5.74, 6) is -4.43. The number of unbranched alkanes of at least 4 members (excludes halogenated alkanes) is 1. The van der Waals surface area contributed by atoms with Gasteiger partial charge in [0.05, 0.1) is 13.2 Å². The first-order chi connectivity index (χ1) is 18.3. The summed E-state index contributed by atoms with van der Waals surface area (Å²) in [6.45, 7) is 0.466. The number of hydrogen-bond acceptors (Lipinski definition) is 6. The van der Waals surface area contributed by atoms with Gasteiger partial charge in [0, 0.05) is 31.3 Å². The summed E-state index contributed by atoms with van der Waals surface area (Å²) in [5, 5.41) is 0. The molecule has 2 aromatic carbocycles. The lowest BCUT2D eigenvalue weighted by Gasteiger charge is -2.33. The van der Waals surface area contributed by atoms with Crippen LogP contribution in [-0.4, -0.2) is 51.7 Å². The number of alkyl halides is 6. The van der Waals surface area contributed by atoms with Crippen LogP contribution in [0.15, 0.2) is 60.7 Å². The van der Waals surface area contributed by atoms with Gasteiger partial charge >= 0.3 is 24.3 Å². The Balaban J connectivity index is 2.27. The van der Waals surface area contributed by atoms with Crippen molar-refractivity contribution in [2.24, 2.45) is 5.92 Å². The van der Waals surface area contributed by atoms with Crippen molar-refractivity contribution in [1.29, 1.82) is 0 Å². The average molecular weight is 565 g/mol. The average Bonchev–Trinajstić information content (AvgIpc) is 2.89. The number of halogens is 6. The molecule has 0 saturated carbocycles. The maximum atomic E-state index is 14.1. The number of hydrogen-bond donors (Lipinski definition) is 0. The summed E-state index contributed by atoms with van der Waals surface area (Å²) >= 11 is 0. The van der Waals surface area contributed by atoms with Crippen LogP contribution < -0.4 is 0 Å². The first-order valence-electron chi connectivity index (χ1n) is 12.0. The second-order valence-electron chi connectivity index (χ2n) is 8.70. The molecule has 2 aromatic rings. The van der Waals surface area contributed by atoms with Crippen LogP contribution in [0, 0.1) is 5.92 Å². The minimum atomic E-state index is -5.20. The molecule has 0 fully saturated rings. The number of rotatable bonds is 13. The van der Waals surface area contributed by atoms with E-state index in [-0.39, 0.29) is 6.42 Å². The van der Waals surface area contributed by atoms with Crippen LogP contribution in [0.3, 0.4) is 0 Å². The van der Waals surface area contributed by atoms with Gasteiger partial charge in [-0.1, -0.05) is 80.4 Å². The molecule has 0 amide bonds. The van der Waals surface area contributed by atoms with E-state index < -0.39 is 65.8 Å². The van der Waals surface area contributed by atoms with Gasteiger partial charge in [-0.25, -0.2) is 9.59 Å². The molecule has 0 aromatic heterocycles. The predicted octanol–water partition coefficient (Wildman–Crippen LogP) is 6.09. The molecule has 0 aliphatic rings. The highest BCUT2D eigenvalue weighted by atomic mass is 19.4. The topological polar surface area (TPSA) is 71.1 Å². The van der Waals surface area contributed by atoms with E-state index in [2.05, 4.69) is 9.47 Å². The van der Waals surface area contributed by atoms with Crippen molar-refractivity contribution in [2.75, 3.05) is 27.4 Å². The van der Waals surface area contributed by atoms with Crippen LogP contribution in [0.4, 0.5) is 26.3 Å². The fourth-order valence-corrected chi connectivity index (χ4v) is 4.07. The van der Waals surface area contributed by atoms with Gasteiger partial charge in [0.25, 0.3) is 11.2 Å². The molecule has 0 N–H and O–H groups in total. The van der Waals surface area contributed by atoms with Crippen molar-refractivity contribution < 1.29 is 54.9 Å². The second-order valence-corrected chi connectivity index (χ2v) is 8.70. The number of benzene rings is 2. The molecule has 2 atom stereocenters. The molecule has 12 heteroatoms. The standard InChI is InChI=1S/C27H30F6O6/c1-4-5-12-19(17-38-22(34)24(36-2,26(28,29)30)20-13-8-6-9-14-20)18-39-23(35)25(37-3,27(31,32)33)21-15-10-7-11-16-21/h6-11,13-16,19H,4-5,12,17-18H2,1-3H3/t24-,25-/m1/s1. The van der Waals surface area contributed by atoms with Gasteiger partial charge in [0.15, 0.2) is 0 Å². The van der Waals surface area contributed by atoms with E-state index >= 15 is 0 Å². The van der Waals surface area contributed by atoms with Crippen LogP contribution >= 0.6 is 0 Å². The number of carbonyl (C=O) groups excluding carboxylic acids is 2.